The Labute approximate surface area is 74.1 Å². The summed E-state index contributed by atoms with van der Waals surface area (Å²) in [5, 5.41) is 10.4. The molecule has 0 saturated carbocycles. The number of methoxy groups -OCH3 is 2. The molecule has 0 aliphatic heterocycles. The van der Waals surface area contributed by atoms with Crippen molar-refractivity contribution in [2.45, 2.75) is 0 Å². The van der Waals surface area contributed by atoms with Gasteiger partial charge in [-0.25, -0.2) is 0 Å². The zero-order valence-corrected chi connectivity index (χ0v) is 7.10. The van der Waals surface area contributed by atoms with Crippen LogP contribution in [-0.2, 0) is 0 Å². The van der Waals surface area contributed by atoms with E-state index in [1.807, 2.05) is 0 Å². The third-order valence-corrected chi connectivity index (χ3v) is 1.28. The molecule has 70 valence electrons. The Morgan fingerprint density at radius 1 is 1.31 bits per heavy atom. The van der Waals surface area contributed by atoms with E-state index in [2.05, 4.69) is 9.97 Å². The first-order valence-electron chi connectivity index (χ1n) is 3.35. The number of aromatic nitrogens is 2. The summed E-state index contributed by atoms with van der Waals surface area (Å²) in [6, 6.07) is 1.37. The topological polar surface area (TPSA) is 84.4 Å². The molecule has 6 nitrogen and oxygen atoms in total. The molecule has 0 unspecified atom stereocenters. The minimum Gasteiger partial charge on any atom is -0.541 e. The molecule has 6 heteroatoms. The molecule has 0 bridgehead atoms. The summed E-state index contributed by atoms with van der Waals surface area (Å²) in [5.41, 5.74) is 0. The van der Waals surface area contributed by atoms with E-state index in [0.29, 0.717) is 0 Å². The average molecular weight is 183 g/mol. The van der Waals surface area contributed by atoms with E-state index in [0.717, 1.165) is 0 Å². The van der Waals surface area contributed by atoms with Gasteiger partial charge in [-0.05, 0) is 0 Å². The van der Waals surface area contributed by atoms with Gasteiger partial charge >= 0.3 is 0 Å². The number of carboxylic acid groups (broad SMARTS) is 1. The molecule has 13 heavy (non-hydrogen) atoms. The normalized spacial score (nSPS) is 9.38. The van der Waals surface area contributed by atoms with Gasteiger partial charge in [0.1, 0.15) is 5.97 Å². The lowest BCUT2D eigenvalue weighted by molar-refractivity contribution is -0.256. The third-order valence-electron chi connectivity index (χ3n) is 1.28. The second-order valence-electron chi connectivity index (χ2n) is 2.06. The van der Waals surface area contributed by atoms with Crippen molar-refractivity contribution in [3.05, 3.63) is 11.9 Å². The average Bonchev–Trinajstić information content (AvgIpc) is 2.16. The van der Waals surface area contributed by atoms with Crippen LogP contribution in [0.1, 0.15) is 10.6 Å². The van der Waals surface area contributed by atoms with Gasteiger partial charge in [0.05, 0.1) is 20.3 Å². The molecule has 0 amide bonds. The Bertz CT molecular complexity index is 304. The first-order valence-corrected chi connectivity index (χ1v) is 3.35. The summed E-state index contributed by atoms with van der Waals surface area (Å²) >= 11 is 0. The zero-order valence-electron chi connectivity index (χ0n) is 7.10. The first kappa shape index (κ1) is 9.24. The summed E-state index contributed by atoms with van der Waals surface area (Å²) in [7, 11) is 2.72. The van der Waals surface area contributed by atoms with Crippen molar-refractivity contribution in [3.63, 3.8) is 0 Å². The van der Waals surface area contributed by atoms with Crippen molar-refractivity contribution in [1.29, 1.82) is 0 Å². The standard InChI is InChI=1S/C7H8N2O4/c1-12-4-3-5(13-2)9-6(8-4)7(10)11/h3H,1-2H3,(H,10,11)/p-1. The molecule has 0 aliphatic carbocycles. The lowest BCUT2D eigenvalue weighted by Gasteiger charge is -2.05. The molecular formula is C7H7N2O4-. The van der Waals surface area contributed by atoms with E-state index >= 15 is 0 Å². The van der Waals surface area contributed by atoms with Gasteiger partial charge in [-0.15, -0.1) is 0 Å². The second-order valence-corrected chi connectivity index (χ2v) is 2.06. The highest BCUT2D eigenvalue weighted by molar-refractivity contribution is 5.81. The van der Waals surface area contributed by atoms with Crippen LogP contribution in [0.2, 0.25) is 0 Å². The van der Waals surface area contributed by atoms with Crippen LogP contribution in [-0.4, -0.2) is 30.2 Å². The molecule has 1 rings (SSSR count). The quantitative estimate of drug-likeness (QED) is 0.588. The predicted molar refractivity (Wildman–Crippen MR) is 39.5 cm³/mol. The van der Waals surface area contributed by atoms with Crippen LogP contribution in [0.25, 0.3) is 0 Å². The highest BCUT2D eigenvalue weighted by Gasteiger charge is 2.05. The van der Waals surface area contributed by atoms with Gasteiger partial charge in [0.25, 0.3) is 0 Å². The van der Waals surface area contributed by atoms with Gasteiger partial charge in [0.2, 0.25) is 11.8 Å². The van der Waals surface area contributed by atoms with Crippen molar-refractivity contribution in [3.8, 4) is 11.8 Å². The van der Waals surface area contributed by atoms with Crippen molar-refractivity contribution < 1.29 is 19.4 Å². The molecular weight excluding hydrogens is 176 g/mol. The Morgan fingerprint density at radius 3 is 2.08 bits per heavy atom. The number of ether oxygens (including phenoxy) is 2. The van der Waals surface area contributed by atoms with Crippen molar-refractivity contribution >= 4 is 5.97 Å². The molecule has 0 atom stereocenters. The number of carbonyl (C=O) groups excluding carboxylic acids is 1. The Kier molecular flexibility index (Phi) is 2.63. The first-order chi connectivity index (χ1) is 6.17. The van der Waals surface area contributed by atoms with Crippen LogP contribution in [0.15, 0.2) is 6.07 Å². The van der Waals surface area contributed by atoms with Gasteiger partial charge in [0, 0.05) is 0 Å². The predicted octanol–water partition coefficient (Wildman–Crippen LogP) is -1.14. The number of carbonyl (C=O) groups is 1. The molecule has 0 aliphatic rings. The fourth-order valence-corrected chi connectivity index (χ4v) is 0.704. The summed E-state index contributed by atoms with van der Waals surface area (Å²) < 4.78 is 9.45. The van der Waals surface area contributed by atoms with Gasteiger partial charge in [-0.1, -0.05) is 0 Å². The summed E-state index contributed by atoms with van der Waals surface area (Å²) in [4.78, 5) is 17.4. The Morgan fingerprint density at radius 2 is 1.77 bits per heavy atom. The van der Waals surface area contributed by atoms with Crippen LogP contribution in [0.3, 0.4) is 0 Å². The maximum atomic E-state index is 10.4. The smallest absolute Gasteiger partial charge is 0.220 e. The largest absolute Gasteiger partial charge is 0.541 e. The summed E-state index contributed by atoms with van der Waals surface area (Å²) in [6.45, 7) is 0. The second kappa shape index (κ2) is 3.70. The van der Waals surface area contributed by atoms with Crippen molar-refractivity contribution in [1.82, 2.24) is 9.97 Å². The van der Waals surface area contributed by atoms with Crippen LogP contribution in [0.4, 0.5) is 0 Å². The molecule has 1 aromatic heterocycles. The molecule has 0 saturated heterocycles. The van der Waals surface area contributed by atoms with Crippen molar-refractivity contribution in [2.24, 2.45) is 0 Å². The number of hydrogen-bond acceptors (Lipinski definition) is 6. The minimum atomic E-state index is -1.47. The Balaban J connectivity index is 3.14. The number of aromatic carboxylic acids is 1. The monoisotopic (exact) mass is 183 g/mol. The molecule has 1 heterocycles. The molecule has 0 radical (unpaired) electrons. The summed E-state index contributed by atoms with van der Waals surface area (Å²) in [5.74, 6) is -1.70. The van der Waals surface area contributed by atoms with Crippen molar-refractivity contribution in [2.75, 3.05) is 14.2 Å². The van der Waals surface area contributed by atoms with E-state index < -0.39 is 11.8 Å². The number of rotatable bonds is 3. The van der Waals surface area contributed by atoms with E-state index in [1.54, 1.807) is 0 Å². The van der Waals surface area contributed by atoms with Crippen LogP contribution < -0.4 is 14.6 Å². The highest BCUT2D eigenvalue weighted by atomic mass is 16.5. The third kappa shape index (κ3) is 2.05. The highest BCUT2D eigenvalue weighted by Crippen LogP contribution is 2.13. The number of nitrogens with zero attached hydrogens (tertiary/aromatic N) is 2. The van der Waals surface area contributed by atoms with E-state index in [-0.39, 0.29) is 11.8 Å². The van der Waals surface area contributed by atoms with Gasteiger partial charge in [-0.2, -0.15) is 9.97 Å². The molecule has 0 aromatic carbocycles. The van der Waals surface area contributed by atoms with Crippen LogP contribution in [0.5, 0.6) is 11.8 Å². The van der Waals surface area contributed by atoms with Gasteiger partial charge in [-0.3, -0.25) is 0 Å². The lowest BCUT2D eigenvalue weighted by atomic mass is 10.5. The van der Waals surface area contributed by atoms with Gasteiger partial charge < -0.3 is 19.4 Å². The maximum Gasteiger partial charge on any atom is 0.220 e. The van der Waals surface area contributed by atoms with E-state index in [4.69, 9.17) is 9.47 Å². The van der Waals surface area contributed by atoms with Crippen LogP contribution >= 0.6 is 0 Å². The number of carboxylic acids is 1. The Hall–Kier alpha value is -1.85. The number of hydrogen-bond donors (Lipinski definition) is 0. The molecule has 0 fully saturated rings. The fraction of sp³-hybridized carbons (Fsp3) is 0.286. The maximum absolute atomic E-state index is 10.4. The fourth-order valence-electron chi connectivity index (χ4n) is 0.704. The summed E-state index contributed by atoms with van der Waals surface area (Å²) in [6.07, 6.45) is 0. The van der Waals surface area contributed by atoms with Crippen LogP contribution in [0, 0.1) is 0 Å². The minimum absolute atomic E-state index is 0.117. The molecule has 0 spiro atoms. The van der Waals surface area contributed by atoms with E-state index in [9.17, 15) is 9.90 Å². The molecule has 0 N–H and O–H groups in total. The van der Waals surface area contributed by atoms with Gasteiger partial charge in [0.15, 0.2) is 5.82 Å². The van der Waals surface area contributed by atoms with E-state index in [1.165, 1.54) is 20.3 Å². The molecule has 1 aromatic rings. The SMILES string of the molecule is COc1cc(OC)nc(C(=O)[O-])n1. The lowest BCUT2D eigenvalue weighted by Crippen LogP contribution is -2.25. The zero-order chi connectivity index (χ0) is 9.84.